The van der Waals surface area contributed by atoms with Gasteiger partial charge in [-0.2, -0.15) is 4.31 Å². The van der Waals surface area contributed by atoms with Gasteiger partial charge in [-0.15, -0.1) is 0 Å². The fourth-order valence-corrected chi connectivity index (χ4v) is 3.78. The molecule has 1 aliphatic rings. The number of rotatable bonds is 5. The van der Waals surface area contributed by atoms with E-state index in [0.29, 0.717) is 18.7 Å². The average molecular weight is 324 g/mol. The van der Waals surface area contributed by atoms with Crippen LogP contribution in [0.4, 0.5) is 0 Å². The molecular formula is C15H20N2O4S. The lowest BCUT2D eigenvalue weighted by molar-refractivity contribution is -0.131. The Kier molecular flexibility index (Phi) is 5.33. The van der Waals surface area contributed by atoms with Gasteiger partial charge in [0.2, 0.25) is 10.0 Å². The highest BCUT2D eigenvalue weighted by Crippen LogP contribution is 2.18. The van der Waals surface area contributed by atoms with Gasteiger partial charge in [0, 0.05) is 32.3 Å². The molecule has 0 atom stereocenters. The van der Waals surface area contributed by atoms with Crippen LogP contribution in [0, 0.1) is 0 Å². The standard InChI is InChI=1S/C15H20N2O4S/c1-2-16-9-11-17(12-10-16)22(20,21)14-6-3-13(4-7-14)5-8-15(18)19/h3-8H,2,9-12H2,1H3,(H,18,19). The molecule has 0 radical (unpaired) electrons. The van der Waals surface area contributed by atoms with Crippen LogP contribution in [0.2, 0.25) is 0 Å². The van der Waals surface area contributed by atoms with Crippen molar-refractivity contribution >= 4 is 22.1 Å². The van der Waals surface area contributed by atoms with Crippen molar-refractivity contribution in [3.63, 3.8) is 0 Å². The third-order valence-corrected chi connectivity index (χ3v) is 5.63. The Morgan fingerprint density at radius 2 is 1.77 bits per heavy atom. The van der Waals surface area contributed by atoms with Crippen molar-refractivity contribution in [1.82, 2.24) is 9.21 Å². The molecule has 0 saturated carbocycles. The summed E-state index contributed by atoms with van der Waals surface area (Å²) in [5, 5.41) is 8.58. The Morgan fingerprint density at radius 1 is 1.18 bits per heavy atom. The zero-order chi connectivity index (χ0) is 16.2. The number of nitrogens with zero attached hydrogens (tertiary/aromatic N) is 2. The van der Waals surface area contributed by atoms with Crippen LogP contribution in [0.25, 0.3) is 6.08 Å². The van der Waals surface area contributed by atoms with Crippen molar-refractivity contribution in [2.45, 2.75) is 11.8 Å². The van der Waals surface area contributed by atoms with Crippen molar-refractivity contribution in [2.75, 3.05) is 32.7 Å². The third-order valence-electron chi connectivity index (χ3n) is 3.71. The van der Waals surface area contributed by atoms with Crippen LogP contribution in [0.5, 0.6) is 0 Å². The van der Waals surface area contributed by atoms with Crippen LogP contribution in [0.3, 0.4) is 0 Å². The monoisotopic (exact) mass is 324 g/mol. The Hall–Kier alpha value is -1.70. The topological polar surface area (TPSA) is 77.9 Å². The molecule has 0 bridgehead atoms. The zero-order valence-electron chi connectivity index (χ0n) is 12.5. The first kappa shape index (κ1) is 16.7. The minimum absolute atomic E-state index is 0.241. The molecule has 6 nitrogen and oxygen atoms in total. The van der Waals surface area contributed by atoms with Crippen molar-refractivity contribution in [1.29, 1.82) is 0 Å². The van der Waals surface area contributed by atoms with E-state index in [1.165, 1.54) is 22.5 Å². The number of hydrogen-bond acceptors (Lipinski definition) is 4. The summed E-state index contributed by atoms with van der Waals surface area (Å²) in [5.74, 6) is -1.04. The summed E-state index contributed by atoms with van der Waals surface area (Å²) in [6.07, 6.45) is 2.45. The maximum atomic E-state index is 12.6. The number of likely N-dealkylation sites (N-methyl/N-ethyl adjacent to an activating group) is 1. The second kappa shape index (κ2) is 7.04. The van der Waals surface area contributed by atoms with Crippen molar-refractivity contribution < 1.29 is 18.3 Å². The Balaban J connectivity index is 2.11. The summed E-state index contributed by atoms with van der Waals surface area (Å²) < 4.78 is 26.6. The average Bonchev–Trinajstić information content (AvgIpc) is 2.53. The highest BCUT2D eigenvalue weighted by molar-refractivity contribution is 7.89. The molecule has 7 heteroatoms. The van der Waals surface area contributed by atoms with E-state index in [9.17, 15) is 13.2 Å². The number of sulfonamides is 1. The Morgan fingerprint density at radius 3 is 2.27 bits per heavy atom. The van der Waals surface area contributed by atoms with E-state index >= 15 is 0 Å². The molecular weight excluding hydrogens is 304 g/mol. The van der Waals surface area contributed by atoms with Gasteiger partial charge in [-0.3, -0.25) is 0 Å². The highest BCUT2D eigenvalue weighted by Gasteiger charge is 2.27. The number of benzene rings is 1. The molecule has 1 saturated heterocycles. The smallest absolute Gasteiger partial charge is 0.328 e. The molecule has 120 valence electrons. The Labute approximate surface area is 130 Å². The van der Waals surface area contributed by atoms with Crippen LogP contribution in [-0.2, 0) is 14.8 Å². The summed E-state index contributed by atoms with van der Waals surface area (Å²) in [4.78, 5) is 12.9. The van der Waals surface area contributed by atoms with Gasteiger partial charge < -0.3 is 10.0 Å². The third kappa shape index (κ3) is 3.94. The second-order valence-electron chi connectivity index (χ2n) is 5.08. The number of piperazine rings is 1. The van der Waals surface area contributed by atoms with Crippen molar-refractivity contribution in [3.05, 3.63) is 35.9 Å². The van der Waals surface area contributed by atoms with Gasteiger partial charge in [0.05, 0.1) is 4.90 Å². The lowest BCUT2D eigenvalue weighted by Crippen LogP contribution is -2.48. The van der Waals surface area contributed by atoms with E-state index in [1.54, 1.807) is 12.1 Å². The zero-order valence-corrected chi connectivity index (χ0v) is 13.3. The number of carboxylic acid groups (broad SMARTS) is 1. The van der Waals surface area contributed by atoms with Gasteiger partial charge in [0.25, 0.3) is 0 Å². The molecule has 1 fully saturated rings. The predicted octanol–water partition coefficient (Wildman–Crippen LogP) is 1.11. The molecule has 0 amide bonds. The molecule has 1 aromatic carbocycles. The van der Waals surface area contributed by atoms with Crippen LogP contribution >= 0.6 is 0 Å². The number of carbonyl (C=O) groups is 1. The van der Waals surface area contributed by atoms with Gasteiger partial charge in [-0.05, 0) is 30.3 Å². The highest BCUT2D eigenvalue weighted by atomic mass is 32.2. The van der Waals surface area contributed by atoms with Crippen LogP contribution in [0.1, 0.15) is 12.5 Å². The van der Waals surface area contributed by atoms with E-state index in [2.05, 4.69) is 11.8 Å². The number of carboxylic acids is 1. The molecule has 0 aromatic heterocycles. The van der Waals surface area contributed by atoms with E-state index in [1.807, 2.05) is 0 Å². The Bertz CT molecular complexity index is 645. The maximum Gasteiger partial charge on any atom is 0.328 e. The summed E-state index contributed by atoms with van der Waals surface area (Å²) >= 11 is 0. The minimum Gasteiger partial charge on any atom is -0.478 e. The van der Waals surface area contributed by atoms with Gasteiger partial charge in [0.15, 0.2) is 0 Å². The molecule has 0 spiro atoms. The quantitative estimate of drug-likeness (QED) is 0.821. The van der Waals surface area contributed by atoms with Crippen LogP contribution < -0.4 is 0 Å². The SMILES string of the molecule is CCN1CCN(S(=O)(=O)c2ccc(C=CC(=O)O)cc2)CC1. The van der Waals surface area contributed by atoms with Crippen LogP contribution in [-0.4, -0.2) is 61.4 Å². The summed E-state index contributed by atoms with van der Waals surface area (Å²) in [6, 6.07) is 6.25. The number of hydrogen-bond donors (Lipinski definition) is 1. The normalized spacial score (nSPS) is 17.9. The van der Waals surface area contributed by atoms with Crippen LogP contribution in [0.15, 0.2) is 35.2 Å². The lowest BCUT2D eigenvalue weighted by Gasteiger charge is -2.33. The van der Waals surface area contributed by atoms with Gasteiger partial charge in [0.1, 0.15) is 0 Å². The van der Waals surface area contributed by atoms with Crippen molar-refractivity contribution in [2.24, 2.45) is 0 Å². The van der Waals surface area contributed by atoms with E-state index in [0.717, 1.165) is 25.7 Å². The van der Waals surface area contributed by atoms with Gasteiger partial charge in [-0.1, -0.05) is 19.1 Å². The van der Waals surface area contributed by atoms with E-state index in [4.69, 9.17) is 5.11 Å². The minimum atomic E-state index is -3.48. The first-order chi connectivity index (χ1) is 10.4. The maximum absolute atomic E-state index is 12.6. The largest absolute Gasteiger partial charge is 0.478 e. The fourth-order valence-electron chi connectivity index (χ4n) is 2.35. The van der Waals surface area contributed by atoms with Gasteiger partial charge >= 0.3 is 5.97 Å². The molecule has 1 aromatic rings. The lowest BCUT2D eigenvalue weighted by atomic mass is 10.2. The summed E-state index contributed by atoms with van der Waals surface area (Å²) in [6.45, 7) is 5.48. The van der Waals surface area contributed by atoms with E-state index in [-0.39, 0.29) is 4.90 Å². The number of aliphatic carboxylic acids is 1. The first-order valence-corrected chi connectivity index (χ1v) is 8.61. The fraction of sp³-hybridized carbons (Fsp3) is 0.400. The molecule has 1 aliphatic heterocycles. The van der Waals surface area contributed by atoms with Crippen molar-refractivity contribution in [3.8, 4) is 0 Å². The molecule has 1 N–H and O–H groups in total. The molecule has 22 heavy (non-hydrogen) atoms. The molecule has 1 heterocycles. The molecule has 2 rings (SSSR count). The summed E-state index contributed by atoms with van der Waals surface area (Å²) in [5.41, 5.74) is 0.650. The van der Waals surface area contributed by atoms with Gasteiger partial charge in [-0.25, -0.2) is 13.2 Å². The predicted molar refractivity (Wildman–Crippen MR) is 84.0 cm³/mol. The molecule has 0 aliphatic carbocycles. The molecule has 0 unspecified atom stereocenters. The second-order valence-corrected chi connectivity index (χ2v) is 7.02. The summed E-state index contributed by atoms with van der Waals surface area (Å²) in [7, 11) is -3.48. The van der Waals surface area contributed by atoms with E-state index < -0.39 is 16.0 Å². The first-order valence-electron chi connectivity index (χ1n) is 7.17.